The fourth-order valence-corrected chi connectivity index (χ4v) is 2.02. The van der Waals surface area contributed by atoms with Gasteiger partial charge in [-0.1, -0.05) is 18.2 Å². The van der Waals surface area contributed by atoms with Crippen molar-refractivity contribution in [2.75, 3.05) is 0 Å². The van der Waals surface area contributed by atoms with Crippen molar-refractivity contribution in [3.05, 3.63) is 41.8 Å². The van der Waals surface area contributed by atoms with Crippen molar-refractivity contribution >= 4 is 22.5 Å². The number of aromatic nitrogens is 4. The van der Waals surface area contributed by atoms with Gasteiger partial charge in [0.25, 0.3) is 0 Å². The molecule has 0 radical (unpaired) electrons. The Balaban J connectivity index is 2.31. The highest BCUT2D eigenvalue weighted by Crippen LogP contribution is 2.26. The Bertz CT molecular complexity index is 690. The van der Waals surface area contributed by atoms with E-state index in [4.69, 9.17) is 11.6 Å². The van der Waals surface area contributed by atoms with E-state index in [9.17, 15) is 0 Å². The Morgan fingerprint density at radius 1 is 1.18 bits per heavy atom. The molecule has 0 aliphatic rings. The molecular weight excluding hydrogens is 236 g/mol. The predicted octanol–water partition coefficient (Wildman–Crippen LogP) is 2.68. The molecule has 1 aromatic carbocycles. The van der Waals surface area contributed by atoms with Gasteiger partial charge in [-0.15, -0.1) is 0 Å². The van der Waals surface area contributed by atoms with Gasteiger partial charge in [0, 0.05) is 18.6 Å². The molecule has 4 nitrogen and oxygen atoms in total. The molecule has 0 N–H and O–H groups in total. The van der Waals surface area contributed by atoms with Crippen LogP contribution in [0.4, 0.5) is 0 Å². The lowest BCUT2D eigenvalue weighted by molar-refractivity contribution is 0.799. The Hall–Kier alpha value is -1.94. The van der Waals surface area contributed by atoms with E-state index in [1.807, 2.05) is 36.0 Å². The van der Waals surface area contributed by atoms with Gasteiger partial charge in [0.1, 0.15) is 5.69 Å². The van der Waals surface area contributed by atoms with Crippen LogP contribution in [-0.4, -0.2) is 19.7 Å². The molecule has 0 amide bonds. The van der Waals surface area contributed by atoms with E-state index in [1.165, 1.54) is 0 Å². The van der Waals surface area contributed by atoms with Crippen LogP contribution in [0.25, 0.3) is 22.3 Å². The first-order valence-electron chi connectivity index (χ1n) is 5.16. The standard InChI is InChI=1S/C12H9ClN4/c1-17-10-5-3-2-4-8(10)11(16-17)9-6-7-14-12(13)15-9/h2-7H,1H3. The Morgan fingerprint density at radius 2 is 2.00 bits per heavy atom. The number of rotatable bonds is 1. The summed E-state index contributed by atoms with van der Waals surface area (Å²) < 4.78 is 1.83. The molecule has 3 rings (SSSR count). The minimum atomic E-state index is 0.234. The second kappa shape index (κ2) is 3.82. The number of hydrogen-bond donors (Lipinski definition) is 0. The molecular formula is C12H9ClN4. The van der Waals surface area contributed by atoms with Crippen LogP contribution < -0.4 is 0 Å². The minimum Gasteiger partial charge on any atom is -0.267 e. The molecule has 2 aromatic heterocycles. The number of para-hydroxylation sites is 1. The second-order valence-corrected chi connectivity index (χ2v) is 4.04. The average Bonchev–Trinajstić information content (AvgIpc) is 2.68. The van der Waals surface area contributed by atoms with Crippen LogP contribution in [0.3, 0.4) is 0 Å². The molecule has 3 aromatic rings. The topological polar surface area (TPSA) is 43.6 Å². The fourth-order valence-electron chi connectivity index (χ4n) is 1.87. The van der Waals surface area contributed by atoms with Gasteiger partial charge in [0.2, 0.25) is 5.28 Å². The summed E-state index contributed by atoms with van der Waals surface area (Å²) in [7, 11) is 1.91. The van der Waals surface area contributed by atoms with E-state index in [-0.39, 0.29) is 5.28 Å². The van der Waals surface area contributed by atoms with E-state index in [1.54, 1.807) is 12.3 Å². The fraction of sp³-hybridized carbons (Fsp3) is 0.0833. The molecule has 0 atom stereocenters. The van der Waals surface area contributed by atoms with Crippen LogP contribution in [0, 0.1) is 0 Å². The van der Waals surface area contributed by atoms with Gasteiger partial charge < -0.3 is 0 Å². The van der Waals surface area contributed by atoms with Crippen molar-refractivity contribution in [2.24, 2.45) is 7.05 Å². The van der Waals surface area contributed by atoms with Gasteiger partial charge >= 0.3 is 0 Å². The highest BCUT2D eigenvalue weighted by molar-refractivity contribution is 6.28. The van der Waals surface area contributed by atoms with Gasteiger partial charge in [-0.2, -0.15) is 5.10 Å². The summed E-state index contributed by atoms with van der Waals surface area (Å²) in [6.45, 7) is 0. The van der Waals surface area contributed by atoms with Crippen molar-refractivity contribution in [3.8, 4) is 11.4 Å². The number of fused-ring (bicyclic) bond motifs is 1. The third-order valence-electron chi connectivity index (χ3n) is 2.63. The number of nitrogens with zero attached hydrogens (tertiary/aromatic N) is 4. The molecule has 17 heavy (non-hydrogen) atoms. The molecule has 84 valence electrons. The zero-order valence-corrected chi connectivity index (χ0v) is 9.89. The smallest absolute Gasteiger partial charge is 0.222 e. The third kappa shape index (κ3) is 1.66. The van der Waals surface area contributed by atoms with Crippen LogP contribution in [-0.2, 0) is 7.05 Å². The zero-order chi connectivity index (χ0) is 11.8. The maximum Gasteiger partial charge on any atom is 0.222 e. The molecule has 0 saturated carbocycles. The molecule has 0 aliphatic carbocycles. The van der Waals surface area contributed by atoms with E-state index in [0.717, 1.165) is 22.3 Å². The van der Waals surface area contributed by atoms with Crippen LogP contribution in [0.2, 0.25) is 5.28 Å². The lowest BCUT2D eigenvalue weighted by Crippen LogP contribution is -1.91. The second-order valence-electron chi connectivity index (χ2n) is 3.70. The first-order chi connectivity index (χ1) is 8.25. The molecule has 2 heterocycles. The van der Waals surface area contributed by atoms with Crippen LogP contribution in [0.5, 0.6) is 0 Å². The predicted molar refractivity (Wildman–Crippen MR) is 66.8 cm³/mol. The Labute approximate surface area is 103 Å². The van der Waals surface area contributed by atoms with Crippen molar-refractivity contribution < 1.29 is 0 Å². The number of benzene rings is 1. The SMILES string of the molecule is Cn1nc(-c2ccnc(Cl)n2)c2ccccc21. The van der Waals surface area contributed by atoms with Gasteiger partial charge in [0.15, 0.2) is 0 Å². The molecule has 0 unspecified atom stereocenters. The molecule has 5 heteroatoms. The zero-order valence-electron chi connectivity index (χ0n) is 9.13. The monoisotopic (exact) mass is 244 g/mol. The minimum absolute atomic E-state index is 0.234. The van der Waals surface area contributed by atoms with Crippen molar-refractivity contribution in [3.63, 3.8) is 0 Å². The lowest BCUT2D eigenvalue weighted by Gasteiger charge is -1.96. The van der Waals surface area contributed by atoms with Crippen LogP contribution in [0.15, 0.2) is 36.5 Å². The molecule has 0 fully saturated rings. The number of hydrogen-bond acceptors (Lipinski definition) is 3. The lowest BCUT2D eigenvalue weighted by atomic mass is 10.1. The summed E-state index contributed by atoms with van der Waals surface area (Å²) in [6, 6.07) is 9.82. The van der Waals surface area contributed by atoms with Gasteiger partial charge in [-0.3, -0.25) is 4.68 Å². The van der Waals surface area contributed by atoms with Crippen molar-refractivity contribution in [1.29, 1.82) is 0 Å². The van der Waals surface area contributed by atoms with E-state index < -0.39 is 0 Å². The molecule has 0 bridgehead atoms. The molecule has 0 saturated heterocycles. The van der Waals surface area contributed by atoms with Crippen LogP contribution in [0.1, 0.15) is 0 Å². The van der Waals surface area contributed by atoms with Gasteiger partial charge in [-0.05, 0) is 23.7 Å². The Morgan fingerprint density at radius 3 is 2.82 bits per heavy atom. The average molecular weight is 245 g/mol. The number of aryl methyl sites for hydroxylation is 1. The molecule has 0 aliphatic heterocycles. The van der Waals surface area contributed by atoms with E-state index in [0.29, 0.717) is 0 Å². The van der Waals surface area contributed by atoms with Gasteiger partial charge in [-0.25, -0.2) is 9.97 Å². The summed E-state index contributed by atoms with van der Waals surface area (Å²) in [6.07, 6.45) is 1.63. The highest BCUT2D eigenvalue weighted by atomic mass is 35.5. The Kier molecular flexibility index (Phi) is 2.30. The van der Waals surface area contributed by atoms with E-state index >= 15 is 0 Å². The van der Waals surface area contributed by atoms with Crippen molar-refractivity contribution in [1.82, 2.24) is 19.7 Å². The maximum atomic E-state index is 5.80. The van der Waals surface area contributed by atoms with Crippen molar-refractivity contribution in [2.45, 2.75) is 0 Å². The van der Waals surface area contributed by atoms with Crippen LogP contribution >= 0.6 is 11.6 Å². The largest absolute Gasteiger partial charge is 0.267 e. The normalized spacial score (nSPS) is 10.9. The first-order valence-corrected chi connectivity index (χ1v) is 5.54. The summed E-state index contributed by atoms with van der Waals surface area (Å²) in [5.74, 6) is 0. The third-order valence-corrected chi connectivity index (χ3v) is 2.81. The summed E-state index contributed by atoms with van der Waals surface area (Å²) in [5.41, 5.74) is 2.63. The van der Waals surface area contributed by atoms with E-state index in [2.05, 4.69) is 15.1 Å². The summed E-state index contributed by atoms with van der Waals surface area (Å²) >= 11 is 5.80. The maximum absolute atomic E-state index is 5.80. The molecule has 0 spiro atoms. The van der Waals surface area contributed by atoms with Gasteiger partial charge in [0.05, 0.1) is 11.2 Å². The summed E-state index contributed by atoms with van der Waals surface area (Å²) in [5, 5.41) is 5.76. The summed E-state index contributed by atoms with van der Waals surface area (Å²) in [4.78, 5) is 8.06. The number of halogens is 1. The quantitative estimate of drug-likeness (QED) is 0.618. The highest BCUT2D eigenvalue weighted by Gasteiger charge is 2.11. The first kappa shape index (κ1) is 10.2.